The summed E-state index contributed by atoms with van der Waals surface area (Å²) < 4.78 is 11.4. The lowest BCUT2D eigenvalue weighted by Crippen LogP contribution is -2.35. The van der Waals surface area contributed by atoms with Crippen molar-refractivity contribution >= 4 is 0 Å². The van der Waals surface area contributed by atoms with Gasteiger partial charge >= 0.3 is 0 Å². The van der Waals surface area contributed by atoms with Crippen LogP contribution in [0.2, 0.25) is 0 Å². The van der Waals surface area contributed by atoms with Crippen LogP contribution in [0.25, 0.3) is 0 Å². The second-order valence-corrected chi connectivity index (χ2v) is 6.64. The molecule has 1 aliphatic rings. The number of ether oxygens (including phenoxy) is 1. The number of aromatic nitrogens is 2. The molecule has 1 aromatic heterocycles. The minimum absolute atomic E-state index is 0.178. The first-order valence-corrected chi connectivity index (χ1v) is 8.12. The van der Waals surface area contributed by atoms with Crippen LogP contribution in [0.4, 0.5) is 0 Å². The summed E-state index contributed by atoms with van der Waals surface area (Å²) in [6.45, 7) is 8.88. The van der Waals surface area contributed by atoms with Crippen LogP contribution in [0.1, 0.15) is 65.1 Å². The first-order valence-electron chi connectivity index (χ1n) is 8.12. The fraction of sp³-hybridized carbons (Fsp3) is 0.875. The maximum atomic E-state index is 9.94. The quantitative estimate of drug-likeness (QED) is 0.873. The number of hydrogen-bond donors (Lipinski definition) is 1. The molecule has 1 heterocycles. The summed E-state index contributed by atoms with van der Waals surface area (Å²) in [7, 11) is 0. The second-order valence-electron chi connectivity index (χ2n) is 6.64. The third-order valence-corrected chi connectivity index (χ3v) is 4.53. The van der Waals surface area contributed by atoms with E-state index in [2.05, 4.69) is 17.1 Å². The van der Waals surface area contributed by atoms with Gasteiger partial charge in [0.1, 0.15) is 5.60 Å². The Balaban J connectivity index is 2.13. The topological polar surface area (TPSA) is 68.4 Å². The molecule has 1 unspecified atom stereocenters. The Labute approximate surface area is 127 Å². The highest BCUT2D eigenvalue weighted by Gasteiger charge is 2.40. The van der Waals surface area contributed by atoms with Crippen LogP contribution in [-0.2, 0) is 16.8 Å². The van der Waals surface area contributed by atoms with E-state index in [9.17, 15) is 5.11 Å². The number of aliphatic hydroxyl groups excluding tert-OH is 1. The zero-order chi connectivity index (χ0) is 15.5. The van der Waals surface area contributed by atoms with Gasteiger partial charge in [-0.05, 0) is 44.4 Å². The Bertz CT molecular complexity index is 436. The molecule has 5 heteroatoms. The van der Waals surface area contributed by atoms with E-state index in [1.165, 1.54) is 0 Å². The van der Waals surface area contributed by atoms with E-state index in [0.717, 1.165) is 31.6 Å². The molecule has 1 fully saturated rings. The third kappa shape index (κ3) is 3.83. The molecule has 0 spiro atoms. The molecule has 1 N–H and O–H groups in total. The molecule has 1 aromatic rings. The smallest absolute Gasteiger partial charge is 0.229 e. The maximum absolute atomic E-state index is 9.94. The van der Waals surface area contributed by atoms with Crippen LogP contribution in [0.5, 0.6) is 0 Å². The van der Waals surface area contributed by atoms with Gasteiger partial charge in [-0.2, -0.15) is 4.98 Å². The van der Waals surface area contributed by atoms with E-state index in [4.69, 9.17) is 9.26 Å². The summed E-state index contributed by atoms with van der Waals surface area (Å²) in [6.07, 6.45) is 4.08. The molecule has 0 aliphatic heterocycles. The summed E-state index contributed by atoms with van der Waals surface area (Å²) in [6, 6.07) is 0. The Morgan fingerprint density at radius 2 is 2.05 bits per heavy atom. The van der Waals surface area contributed by atoms with Crippen LogP contribution < -0.4 is 0 Å². The predicted molar refractivity (Wildman–Crippen MR) is 79.8 cm³/mol. The van der Waals surface area contributed by atoms with Crippen LogP contribution in [0.15, 0.2) is 4.52 Å². The first kappa shape index (κ1) is 16.4. The molecule has 5 nitrogen and oxygen atoms in total. The van der Waals surface area contributed by atoms with Crippen molar-refractivity contribution in [2.75, 3.05) is 6.61 Å². The Morgan fingerprint density at radius 3 is 2.62 bits per heavy atom. The average molecular weight is 296 g/mol. The summed E-state index contributed by atoms with van der Waals surface area (Å²) in [5.74, 6) is 2.07. The van der Waals surface area contributed by atoms with Gasteiger partial charge in [-0.15, -0.1) is 0 Å². The Kier molecular flexibility index (Phi) is 5.38. The molecule has 1 saturated carbocycles. The Hall–Kier alpha value is -0.940. The van der Waals surface area contributed by atoms with Gasteiger partial charge in [-0.1, -0.05) is 25.9 Å². The molecular formula is C16H28N2O3. The lowest BCUT2D eigenvalue weighted by Gasteiger charge is -2.36. The molecule has 0 radical (unpaired) electrons. The molecule has 0 aromatic carbocycles. The van der Waals surface area contributed by atoms with Gasteiger partial charge in [0.2, 0.25) is 11.7 Å². The lowest BCUT2D eigenvalue weighted by molar-refractivity contribution is -0.0847. The predicted octanol–water partition coefficient (Wildman–Crippen LogP) is 3.07. The van der Waals surface area contributed by atoms with Crippen LogP contribution >= 0.6 is 0 Å². The van der Waals surface area contributed by atoms with E-state index in [1.807, 2.05) is 20.8 Å². The van der Waals surface area contributed by atoms with Crippen molar-refractivity contribution in [1.82, 2.24) is 10.1 Å². The Morgan fingerprint density at radius 1 is 1.38 bits per heavy atom. The average Bonchev–Trinajstić information content (AvgIpc) is 2.91. The fourth-order valence-electron chi connectivity index (χ4n) is 2.87. The van der Waals surface area contributed by atoms with E-state index >= 15 is 0 Å². The van der Waals surface area contributed by atoms with Gasteiger partial charge in [-0.25, -0.2) is 0 Å². The fourth-order valence-corrected chi connectivity index (χ4v) is 2.87. The molecule has 0 bridgehead atoms. The molecule has 1 atom stereocenters. The SMILES string of the molecule is CCOC1(c2noc(CC(O)C(C)C)n2)CCC(C)CC1. The number of aliphatic hydroxyl groups is 1. The summed E-state index contributed by atoms with van der Waals surface area (Å²) in [5, 5.41) is 14.1. The van der Waals surface area contributed by atoms with Gasteiger partial charge in [-0.3, -0.25) is 0 Å². The minimum atomic E-state index is -0.451. The van der Waals surface area contributed by atoms with Crippen molar-refractivity contribution in [3.8, 4) is 0 Å². The standard InChI is InChI=1S/C16H28N2O3/c1-5-20-16(8-6-12(4)7-9-16)15-17-14(21-18-15)10-13(19)11(2)3/h11-13,19H,5-10H2,1-4H3. The molecular weight excluding hydrogens is 268 g/mol. The largest absolute Gasteiger partial charge is 0.392 e. The molecule has 0 amide bonds. The molecule has 21 heavy (non-hydrogen) atoms. The van der Waals surface area contributed by atoms with E-state index in [1.54, 1.807) is 0 Å². The molecule has 120 valence electrons. The van der Waals surface area contributed by atoms with Gasteiger partial charge in [0.15, 0.2) is 0 Å². The van der Waals surface area contributed by atoms with E-state index in [0.29, 0.717) is 24.7 Å². The zero-order valence-electron chi connectivity index (χ0n) is 13.6. The van der Waals surface area contributed by atoms with Crippen LogP contribution in [-0.4, -0.2) is 28.0 Å². The summed E-state index contributed by atoms with van der Waals surface area (Å²) >= 11 is 0. The highest BCUT2D eigenvalue weighted by Crippen LogP contribution is 2.41. The van der Waals surface area contributed by atoms with Crippen molar-refractivity contribution in [2.24, 2.45) is 11.8 Å². The van der Waals surface area contributed by atoms with Gasteiger partial charge in [0, 0.05) is 6.61 Å². The minimum Gasteiger partial charge on any atom is -0.392 e. The number of nitrogens with zero attached hydrogens (tertiary/aromatic N) is 2. The van der Waals surface area contributed by atoms with Crippen molar-refractivity contribution in [2.45, 2.75) is 71.5 Å². The molecule has 2 rings (SSSR count). The van der Waals surface area contributed by atoms with Gasteiger partial charge < -0.3 is 14.4 Å². The van der Waals surface area contributed by atoms with Gasteiger partial charge in [0.25, 0.3) is 0 Å². The van der Waals surface area contributed by atoms with Crippen molar-refractivity contribution in [3.05, 3.63) is 11.7 Å². The highest BCUT2D eigenvalue weighted by atomic mass is 16.5. The third-order valence-electron chi connectivity index (χ3n) is 4.53. The lowest BCUT2D eigenvalue weighted by atomic mass is 9.79. The summed E-state index contributed by atoms with van der Waals surface area (Å²) in [5.41, 5.74) is -0.397. The number of hydrogen-bond acceptors (Lipinski definition) is 5. The number of rotatable bonds is 6. The monoisotopic (exact) mass is 296 g/mol. The van der Waals surface area contributed by atoms with Crippen molar-refractivity contribution in [3.63, 3.8) is 0 Å². The van der Waals surface area contributed by atoms with E-state index in [-0.39, 0.29) is 5.92 Å². The normalized spacial score (nSPS) is 28.0. The van der Waals surface area contributed by atoms with Crippen molar-refractivity contribution < 1.29 is 14.4 Å². The first-order chi connectivity index (χ1) is 9.97. The molecule has 0 saturated heterocycles. The second kappa shape index (κ2) is 6.88. The maximum Gasteiger partial charge on any atom is 0.229 e. The molecule has 1 aliphatic carbocycles. The van der Waals surface area contributed by atoms with Crippen molar-refractivity contribution in [1.29, 1.82) is 0 Å². The van der Waals surface area contributed by atoms with E-state index < -0.39 is 11.7 Å². The summed E-state index contributed by atoms with van der Waals surface area (Å²) in [4.78, 5) is 4.51. The van der Waals surface area contributed by atoms with Crippen LogP contribution in [0.3, 0.4) is 0 Å². The zero-order valence-corrected chi connectivity index (χ0v) is 13.6. The van der Waals surface area contributed by atoms with Gasteiger partial charge in [0.05, 0.1) is 12.5 Å². The van der Waals surface area contributed by atoms with Crippen LogP contribution in [0, 0.1) is 11.8 Å². The highest BCUT2D eigenvalue weighted by molar-refractivity contribution is 5.04.